The molecule has 0 aliphatic heterocycles. The van der Waals surface area contributed by atoms with Gasteiger partial charge in [-0.1, -0.05) is 113 Å². The number of nitrogen functional groups attached to an aromatic ring is 2. The van der Waals surface area contributed by atoms with Gasteiger partial charge in [0.05, 0.1) is 0 Å². The molecular formula is C40H50N2. The van der Waals surface area contributed by atoms with Crippen molar-refractivity contribution < 1.29 is 0 Å². The molecule has 1 saturated carbocycles. The third-order valence-corrected chi connectivity index (χ3v) is 10.1. The predicted molar refractivity (Wildman–Crippen MR) is 181 cm³/mol. The Hall–Kier alpha value is -3.52. The lowest BCUT2D eigenvalue weighted by atomic mass is 9.62. The van der Waals surface area contributed by atoms with Crippen LogP contribution in [0.4, 0.5) is 11.4 Å². The van der Waals surface area contributed by atoms with Gasteiger partial charge >= 0.3 is 0 Å². The quantitative estimate of drug-likeness (QED) is 0.180. The highest BCUT2D eigenvalue weighted by Gasteiger charge is 2.38. The fraction of sp³-hybridized carbons (Fsp3) is 0.400. The van der Waals surface area contributed by atoms with Crippen LogP contribution >= 0.6 is 0 Å². The van der Waals surface area contributed by atoms with Gasteiger partial charge < -0.3 is 11.5 Å². The van der Waals surface area contributed by atoms with Gasteiger partial charge in [0.1, 0.15) is 0 Å². The van der Waals surface area contributed by atoms with Crippen molar-refractivity contribution in [2.75, 3.05) is 11.5 Å². The van der Waals surface area contributed by atoms with Crippen LogP contribution in [0.15, 0.2) is 97.1 Å². The summed E-state index contributed by atoms with van der Waals surface area (Å²) < 4.78 is 0. The number of anilines is 2. The highest BCUT2D eigenvalue weighted by molar-refractivity contribution is 5.47. The van der Waals surface area contributed by atoms with Crippen LogP contribution in [-0.4, -0.2) is 0 Å². The van der Waals surface area contributed by atoms with Crippen molar-refractivity contribution in [3.05, 3.63) is 130 Å². The van der Waals surface area contributed by atoms with Crippen LogP contribution < -0.4 is 11.5 Å². The van der Waals surface area contributed by atoms with Gasteiger partial charge in [0.25, 0.3) is 0 Å². The summed E-state index contributed by atoms with van der Waals surface area (Å²) in [6.45, 7) is 6.92. The van der Waals surface area contributed by atoms with Gasteiger partial charge in [-0.15, -0.1) is 0 Å². The molecule has 0 spiro atoms. The van der Waals surface area contributed by atoms with E-state index in [-0.39, 0.29) is 5.41 Å². The van der Waals surface area contributed by atoms with Crippen LogP contribution in [0.1, 0.15) is 124 Å². The van der Waals surface area contributed by atoms with Gasteiger partial charge in [-0.05, 0) is 102 Å². The Morgan fingerprint density at radius 1 is 0.548 bits per heavy atom. The molecule has 2 heteroatoms. The molecule has 0 heterocycles. The first kappa shape index (κ1) is 30.0. The molecule has 1 aliphatic carbocycles. The molecule has 0 radical (unpaired) electrons. The van der Waals surface area contributed by atoms with Gasteiger partial charge in [-0.25, -0.2) is 0 Å². The molecule has 2 nitrogen and oxygen atoms in total. The lowest BCUT2D eigenvalue weighted by Gasteiger charge is -2.41. The van der Waals surface area contributed by atoms with Crippen molar-refractivity contribution in [1.82, 2.24) is 0 Å². The summed E-state index contributed by atoms with van der Waals surface area (Å²) >= 11 is 0. The lowest BCUT2D eigenvalue weighted by Crippen LogP contribution is -2.33. The van der Waals surface area contributed by atoms with Gasteiger partial charge in [-0.3, -0.25) is 0 Å². The van der Waals surface area contributed by atoms with E-state index >= 15 is 0 Å². The number of rotatable bonds is 11. The molecule has 2 unspecified atom stereocenters. The van der Waals surface area contributed by atoms with E-state index in [4.69, 9.17) is 11.5 Å². The highest BCUT2D eigenvalue weighted by atomic mass is 14.5. The van der Waals surface area contributed by atoms with Crippen molar-refractivity contribution in [1.29, 1.82) is 0 Å². The maximum atomic E-state index is 6.00. The zero-order valence-corrected chi connectivity index (χ0v) is 26.0. The Morgan fingerprint density at radius 3 is 1.19 bits per heavy atom. The van der Waals surface area contributed by atoms with Crippen LogP contribution in [0.3, 0.4) is 0 Å². The Kier molecular flexibility index (Phi) is 9.73. The second-order valence-corrected chi connectivity index (χ2v) is 12.7. The summed E-state index contributed by atoms with van der Waals surface area (Å²) in [5, 5.41) is 0. The van der Waals surface area contributed by atoms with Gasteiger partial charge in [-0.2, -0.15) is 0 Å². The summed E-state index contributed by atoms with van der Waals surface area (Å²) in [5.74, 6) is 1.65. The Labute approximate surface area is 254 Å². The number of hydrogen-bond donors (Lipinski definition) is 2. The van der Waals surface area contributed by atoms with Crippen LogP contribution in [0.25, 0.3) is 0 Å². The molecule has 2 atom stereocenters. The van der Waals surface area contributed by atoms with Crippen molar-refractivity contribution >= 4 is 11.4 Å². The van der Waals surface area contributed by atoms with Gasteiger partial charge in [0, 0.05) is 28.6 Å². The van der Waals surface area contributed by atoms with E-state index in [0.29, 0.717) is 11.8 Å². The minimum Gasteiger partial charge on any atom is -0.399 e. The second kappa shape index (κ2) is 13.6. The minimum atomic E-state index is 0.0750. The van der Waals surface area contributed by atoms with Gasteiger partial charge in [0.15, 0.2) is 0 Å². The molecule has 4 aromatic rings. The third kappa shape index (κ3) is 6.43. The van der Waals surface area contributed by atoms with Crippen LogP contribution in [0, 0.1) is 5.92 Å². The monoisotopic (exact) mass is 558 g/mol. The zero-order valence-electron chi connectivity index (χ0n) is 26.0. The fourth-order valence-electron chi connectivity index (χ4n) is 7.48. The van der Waals surface area contributed by atoms with E-state index in [1.54, 1.807) is 0 Å². The molecule has 1 fully saturated rings. The van der Waals surface area contributed by atoms with E-state index in [0.717, 1.165) is 43.0 Å². The molecule has 220 valence electrons. The van der Waals surface area contributed by atoms with Crippen molar-refractivity contribution in [2.45, 2.75) is 95.8 Å². The summed E-state index contributed by atoms with van der Waals surface area (Å²) in [4.78, 5) is 0. The molecule has 4 aromatic carbocycles. The van der Waals surface area contributed by atoms with Crippen LogP contribution in [0.2, 0.25) is 0 Å². The molecule has 0 aromatic heterocycles. The summed E-state index contributed by atoms with van der Waals surface area (Å²) in [7, 11) is 0. The number of benzene rings is 4. The van der Waals surface area contributed by atoms with E-state index in [9.17, 15) is 0 Å². The summed E-state index contributed by atoms with van der Waals surface area (Å²) in [5.41, 5.74) is 22.2. The summed E-state index contributed by atoms with van der Waals surface area (Å²) in [6, 6.07) is 36.4. The number of nitrogens with two attached hydrogens (primary N) is 2. The average molecular weight is 559 g/mol. The highest BCUT2D eigenvalue weighted by Crippen LogP contribution is 2.48. The normalized spacial score (nSPS) is 20.2. The second-order valence-electron chi connectivity index (χ2n) is 12.7. The molecule has 1 aliphatic rings. The average Bonchev–Trinajstić information content (AvgIpc) is 3.04. The minimum absolute atomic E-state index is 0.0750. The maximum Gasteiger partial charge on any atom is 0.0314 e. The third-order valence-electron chi connectivity index (χ3n) is 10.1. The first-order valence-electron chi connectivity index (χ1n) is 16.4. The standard InChI is InChI=1S/C40H50N2/c1-4-7-38(32-13-21-36(41)22-14-32)30-9-17-34(18-10-30)40(27-25-29(6-3)26-28-40)35-19-11-31(12-20-35)39(8-5-2)33-15-23-37(42)24-16-33/h9-24,29,38-39H,4-8,25-28,41-42H2,1-3H3. The Balaban J connectivity index is 1.47. The van der Waals surface area contributed by atoms with Crippen molar-refractivity contribution in [3.8, 4) is 0 Å². The maximum absolute atomic E-state index is 6.00. The molecular weight excluding hydrogens is 508 g/mol. The molecule has 42 heavy (non-hydrogen) atoms. The topological polar surface area (TPSA) is 52.0 Å². The molecule has 0 saturated heterocycles. The smallest absolute Gasteiger partial charge is 0.0314 e. The zero-order chi connectivity index (χ0) is 29.5. The largest absolute Gasteiger partial charge is 0.399 e. The predicted octanol–water partition coefficient (Wildman–Crippen LogP) is 10.6. The van der Waals surface area contributed by atoms with E-state index < -0.39 is 0 Å². The van der Waals surface area contributed by atoms with Crippen molar-refractivity contribution in [2.24, 2.45) is 5.92 Å². The number of hydrogen-bond acceptors (Lipinski definition) is 2. The van der Waals surface area contributed by atoms with Crippen molar-refractivity contribution in [3.63, 3.8) is 0 Å². The SMILES string of the molecule is CCCC(c1ccc(N)cc1)c1ccc(C2(c3ccc(C(CCC)c4ccc(N)cc4)cc3)CCC(CC)CC2)cc1. The van der Waals surface area contributed by atoms with E-state index in [1.807, 2.05) is 24.3 Å². The Morgan fingerprint density at radius 2 is 0.881 bits per heavy atom. The van der Waals surface area contributed by atoms with E-state index in [1.165, 1.54) is 65.5 Å². The molecule has 0 amide bonds. The van der Waals surface area contributed by atoms with Crippen LogP contribution in [-0.2, 0) is 5.41 Å². The fourth-order valence-corrected chi connectivity index (χ4v) is 7.48. The Bertz CT molecular complexity index is 1280. The van der Waals surface area contributed by atoms with Crippen LogP contribution in [0.5, 0.6) is 0 Å². The van der Waals surface area contributed by atoms with Gasteiger partial charge in [0.2, 0.25) is 0 Å². The first-order chi connectivity index (χ1) is 20.5. The van der Waals surface area contributed by atoms with E-state index in [2.05, 4.69) is 93.6 Å². The molecule has 5 rings (SSSR count). The summed E-state index contributed by atoms with van der Waals surface area (Å²) in [6.07, 6.45) is 10.9. The lowest BCUT2D eigenvalue weighted by molar-refractivity contribution is 0.260. The first-order valence-corrected chi connectivity index (χ1v) is 16.4. The molecule has 0 bridgehead atoms. The molecule has 4 N–H and O–H groups in total.